The van der Waals surface area contributed by atoms with Gasteiger partial charge in [-0.1, -0.05) is 0 Å². The van der Waals surface area contributed by atoms with E-state index < -0.39 is 23.3 Å². The van der Waals surface area contributed by atoms with Crippen molar-refractivity contribution in [3.63, 3.8) is 0 Å². The first-order valence-electron chi connectivity index (χ1n) is 9.70. The molecule has 9 heteroatoms. The highest BCUT2D eigenvalue weighted by Crippen LogP contribution is 2.44. The van der Waals surface area contributed by atoms with Crippen LogP contribution in [-0.2, 0) is 4.79 Å². The number of carbonyl (C=O) groups is 2. The number of anilines is 1. The van der Waals surface area contributed by atoms with Crippen LogP contribution in [0.15, 0.2) is 29.3 Å². The zero-order chi connectivity index (χ0) is 23.0. The zero-order valence-electron chi connectivity index (χ0n) is 17.7. The molecule has 3 heterocycles. The lowest BCUT2D eigenvalue weighted by molar-refractivity contribution is -0.134. The van der Waals surface area contributed by atoms with Gasteiger partial charge < -0.3 is 20.1 Å². The fraction of sp³-hybridized carbons (Fsp3) is 0.318. The van der Waals surface area contributed by atoms with E-state index in [4.69, 9.17) is 9.90 Å². The summed E-state index contributed by atoms with van der Waals surface area (Å²) in [6.07, 6.45) is 4.73. The normalized spacial score (nSPS) is 12.9. The molecule has 1 saturated carbocycles. The Morgan fingerprint density at radius 1 is 1.26 bits per heavy atom. The van der Waals surface area contributed by atoms with E-state index in [9.17, 15) is 14.7 Å². The van der Waals surface area contributed by atoms with Gasteiger partial charge in [0.05, 0.1) is 16.9 Å². The Hall–Kier alpha value is -3.62. The Balaban J connectivity index is 0.000000628. The molecule has 3 aromatic rings. The number of aromatic carboxylic acids is 1. The molecule has 0 spiro atoms. The fourth-order valence-corrected chi connectivity index (χ4v) is 3.75. The molecule has 0 atom stereocenters. The predicted molar refractivity (Wildman–Crippen MR) is 115 cm³/mol. The number of nitrogens with zero attached hydrogens (tertiary/aromatic N) is 2. The Morgan fingerprint density at radius 2 is 1.87 bits per heavy atom. The maximum Gasteiger partial charge on any atom is 0.341 e. The second-order valence-corrected chi connectivity index (χ2v) is 7.74. The van der Waals surface area contributed by atoms with Gasteiger partial charge in [-0.2, -0.15) is 0 Å². The van der Waals surface area contributed by atoms with Gasteiger partial charge in [-0.15, -0.1) is 0 Å². The van der Waals surface area contributed by atoms with Gasteiger partial charge in [0.25, 0.3) is 11.5 Å². The smallest absolute Gasteiger partial charge is 0.341 e. The van der Waals surface area contributed by atoms with Crippen LogP contribution in [0.25, 0.3) is 16.8 Å². The summed E-state index contributed by atoms with van der Waals surface area (Å²) < 4.78 is 16.3. The lowest BCUT2D eigenvalue weighted by atomic mass is 9.98. The quantitative estimate of drug-likeness (QED) is 0.585. The van der Waals surface area contributed by atoms with E-state index in [0.717, 1.165) is 41.6 Å². The number of nitrogens with one attached hydrogen (secondary N) is 1. The van der Waals surface area contributed by atoms with Crippen molar-refractivity contribution >= 4 is 23.1 Å². The molecule has 1 aliphatic rings. The largest absolute Gasteiger partial charge is 0.481 e. The second-order valence-electron chi connectivity index (χ2n) is 7.74. The van der Waals surface area contributed by atoms with E-state index in [1.807, 2.05) is 25.1 Å². The highest BCUT2D eigenvalue weighted by atomic mass is 19.1. The van der Waals surface area contributed by atoms with Gasteiger partial charge in [0.2, 0.25) is 0 Å². The van der Waals surface area contributed by atoms with Gasteiger partial charge in [-0.05, 0) is 48.9 Å². The number of hydrogen-bond acceptors (Lipinski definition) is 4. The molecular formula is C22H24FN3O5. The van der Waals surface area contributed by atoms with Crippen molar-refractivity contribution in [2.75, 3.05) is 19.0 Å². The summed E-state index contributed by atoms with van der Waals surface area (Å²) in [5.74, 6) is -2.50. The van der Waals surface area contributed by atoms with Crippen molar-refractivity contribution in [3.8, 4) is 11.3 Å². The molecule has 0 bridgehead atoms. The lowest BCUT2D eigenvalue weighted by Gasteiger charge is -2.18. The van der Waals surface area contributed by atoms with Crippen molar-refractivity contribution in [2.45, 2.75) is 32.6 Å². The van der Waals surface area contributed by atoms with Crippen LogP contribution in [0.5, 0.6) is 0 Å². The monoisotopic (exact) mass is 429 g/mol. The third kappa shape index (κ3) is 4.16. The van der Waals surface area contributed by atoms with E-state index in [1.54, 1.807) is 13.1 Å². The first-order valence-corrected chi connectivity index (χ1v) is 9.70. The van der Waals surface area contributed by atoms with Gasteiger partial charge in [-0.25, -0.2) is 9.18 Å². The van der Waals surface area contributed by atoms with Crippen LogP contribution >= 0.6 is 0 Å². The summed E-state index contributed by atoms with van der Waals surface area (Å²) in [4.78, 5) is 38.1. The first-order chi connectivity index (χ1) is 14.5. The molecule has 0 aromatic carbocycles. The number of aromatic nitrogens is 2. The Bertz CT molecular complexity index is 1230. The number of fused-ring (bicyclic) bond motifs is 1. The van der Waals surface area contributed by atoms with Crippen molar-refractivity contribution in [1.82, 2.24) is 9.38 Å². The van der Waals surface area contributed by atoms with Gasteiger partial charge in [-0.3, -0.25) is 14.0 Å². The fourth-order valence-electron chi connectivity index (χ4n) is 3.75. The minimum absolute atomic E-state index is 0.202. The Morgan fingerprint density at radius 3 is 2.39 bits per heavy atom. The van der Waals surface area contributed by atoms with Gasteiger partial charge in [0.15, 0.2) is 0 Å². The molecule has 0 aliphatic heterocycles. The molecule has 3 aromatic heterocycles. The van der Waals surface area contributed by atoms with Crippen molar-refractivity contribution in [2.24, 2.45) is 0 Å². The number of hydrogen-bond donors (Lipinski definition) is 3. The lowest BCUT2D eigenvalue weighted by Crippen LogP contribution is -2.24. The van der Waals surface area contributed by atoms with Crippen LogP contribution in [-0.4, -0.2) is 45.6 Å². The number of aliphatic carboxylic acids is 1. The minimum atomic E-state index is -1.29. The number of carboxylic acid groups (broad SMARTS) is 2. The molecule has 0 amide bonds. The van der Waals surface area contributed by atoms with E-state index in [2.05, 4.69) is 4.98 Å². The van der Waals surface area contributed by atoms with Crippen molar-refractivity contribution in [3.05, 3.63) is 57.4 Å². The topological polar surface area (TPSA) is 115 Å². The second kappa shape index (κ2) is 8.25. The number of H-pyrrole nitrogens is 1. The van der Waals surface area contributed by atoms with E-state index in [0.29, 0.717) is 22.3 Å². The average Bonchev–Trinajstić information content (AvgIpc) is 3.39. The van der Waals surface area contributed by atoms with Crippen LogP contribution in [0, 0.1) is 12.7 Å². The van der Waals surface area contributed by atoms with Crippen molar-refractivity contribution < 1.29 is 24.2 Å². The number of pyridine rings is 2. The predicted octanol–water partition coefficient (Wildman–Crippen LogP) is 3.47. The molecular weight excluding hydrogens is 405 g/mol. The van der Waals surface area contributed by atoms with E-state index in [-0.39, 0.29) is 11.5 Å². The van der Waals surface area contributed by atoms with Gasteiger partial charge in [0, 0.05) is 39.0 Å². The first kappa shape index (κ1) is 22.1. The molecule has 3 N–H and O–H groups in total. The Labute approximate surface area is 177 Å². The van der Waals surface area contributed by atoms with Crippen LogP contribution in [0.3, 0.4) is 0 Å². The SMILES string of the molecule is CC(=O)O.Cc1c(-c2[nH]ccc2N(C)C)c(F)cn2c(=O)c(C(=O)O)cc(C3CC3)c12. The van der Waals surface area contributed by atoms with Gasteiger partial charge in [0.1, 0.15) is 11.4 Å². The number of halogens is 1. The number of aromatic amines is 1. The summed E-state index contributed by atoms with van der Waals surface area (Å²) in [6, 6.07) is 3.33. The summed E-state index contributed by atoms with van der Waals surface area (Å²) >= 11 is 0. The molecule has 31 heavy (non-hydrogen) atoms. The molecule has 0 saturated heterocycles. The summed E-state index contributed by atoms with van der Waals surface area (Å²) in [7, 11) is 3.75. The summed E-state index contributed by atoms with van der Waals surface area (Å²) in [5.41, 5.74) is 2.84. The third-order valence-corrected chi connectivity index (χ3v) is 5.18. The highest BCUT2D eigenvalue weighted by Gasteiger charge is 2.30. The van der Waals surface area contributed by atoms with E-state index in [1.165, 1.54) is 6.07 Å². The minimum Gasteiger partial charge on any atom is -0.481 e. The Kier molecular flexibility index (Phi) is 5.88. The standard InChI is InChI=1S/C20H20FN3O3.C2H4O2/c1-10-16(17-15(23(2)3)6-7-22-17)14(21)9-24-18(10)12(11-4-5-11)8-13(19(24)25)20(26)27;1-2(3)4/h6-9,11,22H,4-5H2,1-3H3,(H,26,27);1H3,(H,3,4). The zero-order valence-corrected chi connectivity index (χ0v) is 17.7. The van der Waals surface area contributed by atoms with Crippen LogP contribution in [0.1, 0.15) is 47.2 Å². The maximum atomic E-state index is 15.1. The number of carboxylic acids is 2. The van der Waals surface area contributed by atoms with Crippen LogP contribution < -0.4 is 10.5 Å². The molecule has 1 fully saturated rings. The number of aryl methyl sites for hydroxylation is 1. The molecule has 0 unspecified atom stereocenters. The third-order valence-electron chi connectivity index (χ3n) is 5.18. The number of rotatable bonds is 4. The maximum absolute atomic E-state index is 15.1. The average molecular weight is 429 g/mol. The summed E-state index contributed by atoms with van der Waals surface area (Å²) in [5, 5.41) is 16.8. The molecule has 0 radical (unpaired) electrons. The molecule has 164 valence electrons. The highest BCUT2D eigenvalue weighted by molar-refractivity contribution is 5.90. The van der Waals surface area contributed by atoms with Crippen molar-refractivity contribution in [1.29, 1.82) is 0 Å². The molecule has 4 rings (SSSR count). The molecule has 1 aliphatic carbocycles. The van der Waals surface area contributed by atoms with E-state index >= 15 is 4.39 Å². The summed E-state index contributed by atoms with van der Waals surface area (Å²) in [6.45, 7) is 2.86. The van der Waals surface area contributed by atoms with Crippen LogP contribution in [0.4, 0.5) is 10.1 Å². The van der Waals surface area contributed by atoms with Gasteiger partial charge >= 0.3 is 5.97 Å². The molecule has 8 nitrogen and oxygen atoms in total. The van der Waals surface area contributed by atoms with Crippen LogP contribution in [0.2, 0.25) is 0 Å².